The van der Waals surface area contributed by atoms with Gasteiger partial charge in [-0.2, -0.15) is 0 Å². The predicted octanol–water partition coefficient (Wildman–Crippen LogP) is 1.79. The average Bonchev–Trinajstić information content (AvgIpc) is 2.99. The number of rotatable bonds is 7. The van der Waals surface area contributed by atoms with Crippen LogP contribution in [-0.4, -0.2) is 74.7 Å². The summed E-state index contributed by atoms with van der Waals surface area (Å²) in [5.41, 5.74) is 0. The highest BCUT2D eigenvalue weighted by atomic mass is 32.1. The molecule has 1 atom stereocenters. The third-order valence-electron chi connectivity index (χ3n) is 4.54. The third kappa shape index (κ3) is 6.42. The predicted molar refractivity (Wildman–Crippen MR) is 105 cm³/mol. The highest BCUT2D eigenvalue weighted by Crippen LogP contribution is 2.16. The van der Waals surface area contributed by atoms with Crippen LogP contribution in [0.3, 0.4) is 0 Å². The van der Waals surface area contributed by atoms with Crippen molar-refractivity contribution < 1.29 is 0 Å². The van der Waals surface area contributed by atoms with Crippen LogP contribution in [-0.2, 0) is 6.42 Å². The molecule has 1 aliphatic heterocycles. The highest BCUT2D eigenvalue weighted by Gasteiger charge is 2.15. The molecular formula is C18H33N5S. The quantitative estimate of drug-likeness (QED) is 0.581. The molecule has 2 rings (SSSR count). The number of thiophene rings is 1. The Bertz CT molecular complexity index is 505. The van der Waals surface area contributed by atoms with E-state index in [2.05, 4.69) is 58.3 Å². The molecule has 0 radical (unpaired) electrons. The molecule has 0 spiro atoms. The first-order valence-corrected chi connectivity index (χ1v) is 9.89. The fraction of sp³-hybridized carbons (Fsp3) is 0.722. The molecule has 1 aliphatic rings. The van der Waals surface area contributed by atoms with Gasteiger partial charge in [0.05, 0.1) is 0 Å². The molecule has 2 heterocycles. The molecule has 24 heavy (non-hydrogen) atoms. The summed E-state index contributed by atoms with van der Waals surface area (Å²) in [4.78, 5) is 12.2. The zero-order chi connectivity index (χ0) is 17.4. The van der Waals surface area contributed by atoms with E-state index in [1.807, 2.05) is 18.4 Å². The van der Waals surface area contributed by atoms with Crippen LogP contribution in [0.5, 0.6) is 0 Å². The lowest BCUT2D eigenvalue weighted by Crippen LogP contribution is -2.49. The van der Waals surface area contributed by atoms with Crippen molar-refractivity contribution in [3.8, 4) is 0 Å². The molecule has 1 aromatic heterocycles. The molecule has 6 heteroatoms. The zero-order valence-electron chi connectivity index (χ0n) is 15.6. The standard InChI is InChI=1S/C18H33N5S/c1-5-22-10-12-23(13-11-22)9-8-20-18(19-4)21-15(2)14-17-7-6-16(3)24-17/h6-7,15H,5,8-14H2,1-4H3,(H2,19,20,21). The summed E-state index contributed by atoms with van der Waals surface area (Å²) in [5, 5.41) is 6.95. The molecule has 1 fully saturated rings. The summed E-state index contributed by atoms with van der Waals surface area (Å²) < 4.78 is 0. The zero-order valence-corrected chi connectivity index (χ0v) is 16.5. The number of nitrogens with zero attached hydrogens (tertiary/aromatic N) is 3. The largest absolute Gasteiger partial charge is 0.355 e. The lowest BCUT2D eigenvalue weighted by molar-refractivity contribution is 0.139. The lowest BCUT2D eigenvalue weighted by Gasteiger charge is -2.34. The van der Waals surface area contributed by atoms with Gasteiger partial charge in [-0.1, -0.05) is 6.92 Å². The molecule has 0 bridgehead atoms. The number of nitrogens with one attached hydrogen (secondary N) is 2. The van der Waals surface area contributed by atoms with Gasteiger partial charge in [0.2, 0.25) is 0 Å². The number of hydrogen-bond donors (Lipinski definition) is 2. The minimum absolute atomic E-state index is 0.377. The van der Waals surface area contributed by atoms with Crippen molar-refractivity contribution in [2.45, 2.75) is 33.2 Å². The summed E-state index contributed by atoms with van der Waals surface area (Å²) in [6, 6.07) is 4.80. The minimum atomic E-state index is 0.377. The van der Waals surface area contributed by atoms with E-state index in [0.29, 0.717) is 6.04 Å². The Morgan fingerprint density at radius 2 is 1.96 bits per heavy atom. The number of hydrogen-bond acceptors (Lipinski definition) is 4. The maximum Gasteiger partial charge on any atom is 0.191 e. The van der Waals surface area contributed by atoms with E-state index in [0.717, 1.165) is 25.5 Å². The van der Waals surface area contributed by atoms with Gasteiger partial charge in [0.15, 0.2) is 5.96 Å². The monoisotopic (exact) mass is 351 g/mol. The van der Waals surface area contributed by atoms with E-state index in [-0.39, 0.29) is 0 Å². The van der Waals surface area contributed by atoms with E-state index in [4.69, 9.17) is 0 Å². The maximum absolute atomic E-state index is 4.35. The molecule has 2 N–H and O–H groups in total. The summed E-state index contributed by atoms with van der Waals surface area (Å²) in [6.45, 7) is 14.6. The van der Waals surface area contributed by atoms with Crippen molar-refractivity contribution in [2.24, 2.45) is 4.99 Å². The summed E-state index contributed by atoms with van der Waals surface area (Å²) in [5.74, 6) is 0.906. The fourth-order valence-electron chi connectivity index (χ4n) is 3.04. The Morgan fingerprint density at radius 1 is 1.25 bits per heavy atom. The van der Waals surface area contributed by atoms with Gasteiger partial charge in [0, 0.05) is 68.5 Å². The average molecular weight is 352 g/mol. The van der Waals surface area contributed by atoms with Crippen LogP contribution in [0.1, 0.15) is 23.6 Å². The number of aliphatic imine (C=N–C) groups is 1. The Balaban J connectivity index is 1.65. The lowest BCUT2D eigenvalue weighted by atomic mass is 10.2. The number of guanidine groups is 1. The van der Waals surface area contributed by atoms with E-state index in [9.17, 15) is 0 Å². The molecule has 0 amide bonds. The molecule has 5 nitrogen and oxygen atoms in total. The van der Waals surface area contributed by atoms with Gasteiger partial charge in [-0.25, -0.2) is 0 Å². The van der Waals surface area contributed by atoms with Crippen molar-refractivity contribution in [1.82, 2.24) is 20.4 Å². The molecule has 136 valence electrons. The first kappa shape index (κ1) is 19.2. The Hall–Kier alpha value is -1.11. The summed E-state index contributed by atoms with van der Waals surface area (Å²) >= 11 is 1.88. The highest BCUT2D eigenvalue weighted by molar-refractivity contribution is 7.11. The maximum atomic E-state index is 4.35. The number of aryl methyl sites for hydroxylation is 1. The first-order valence-electron chi connectivity index (χ1n) is 9.08. The van der Waals surface area contributed by atoms with Crippen molar-refractivity contribution in [3.63, 3.8) is 0 Å². The van der Waals surface area contributed by atoms with E-state index in [1.165, 1.54) is 42.5 Å². The fourth-order valence-corrected chi connectivity index (χ4v) is 4.06. The van der Waals surface area contributed by atoms with E-state index >= 15 is 0 Å². The first-order chi connectivity index (χ1) is 11.6. The molecule has 0 saturated carbocycles. The van der Waals surface area contributed by atoms with Crippen LogP contribution >= 0.6 is 11.3 Å². The van der Waals surface area contributed by atoms with Gasteiger partial charge in [0.1, 0.15) is 0 Å². The normalized spacial score (nSPS) is 18.6. The SMILES string of the molecule is CCN1CCN(CCNC(=NC)NC(C)Cc2ccc(C)s2)CC1. The molecular weight excluding hydrogens is 318 g/mol. The molecule has 1 unspecified atom stereocenters. The summed E-state index contributed by atoms with van der Waals surface area (Å²) in [7, 11) is 1.84. The van der Waals surface area contributed by atoms with Gasteiger partial charge in [-0.3, -0.25) is 9.89 Å². The van der Waals surface area contributed by atoms with Crippen LogP contribution in [0.25, 0.3) is 0 Å². The van der Waals surface area contributed by atoms with Gasteiger partial charge in [0.25, 0.3) is 0 Å². The topological polar surface area (TPSA) is 42.9 Å². The summed E-state index contributed by atoms with van der Waals surface area (Å²) in [6.07, 6.45) is 1.04. The van der Waals surface area contributed by atoms with Gasteiger partial charge >= 0.3 is 0 Å². The second-order valence-corrected chi connectivity index (χ2v) is 7.91. The van der Waals surface area contributed by atoms with E-state index in [1.54, 1.807) is 0 Å². The Labute approximate surface area is 151 Å². The number of likely N-dealkylation sites (N-methyl/N-ethyl adjacent to an activating group) is 1. The van der Waals surface area contributed by atoms with Crippen LogP contribution in [0.2, 0.25) is 0 Å². The van der Waals surface area contributed by atoms with Crippen molar-refractivity contribution in [2.75, 3.05) is 52.9 Å². The van der Waals surface area contributed by atoms with Crippen LogP contribution in [0.4, 0.5) is 0 Å². The van der Waals surface area contributed by atoms with Crippen molar-refractivity contribution in [3.05, 3.63) is 21.9 Å². The van der Waals surface area contributed by atoms with Crippen LogP contribution in [0.15, 0.2) is 17.1 Å². The van der Waals surface area contributed by atoms with Crippen LogP contribution in [0, 0.1) is 6.92 Å². The number of piperazine rings is 1. The van der Waals surface area contributed by atoms with Crippen molar-refractivity contribution >= 4 is 17.3 Å². The smallest absolute Gasteiger partial charge is 0.191 e. The second kappa shape index (κ2) is 10.0. The van der Waals surface area contributed by atoms with Gasteiger partial charge in [-0.15, -0.1) is 11.3 Å². The van der Waals surface area contributed by atoms with E-state index < -0.39 is 0 Å². The second-order valence-electron chi connectivity index (χ2n) is 6.54. The molecule has 1 saturated heterocycles. The minimum Gasteiger partial charge on any atom is -0.355 e. The Morgan fingerprint density at radius 3 is 2.54 bits per heavy atom. The van der Waals surface area contributed by atoms with Crippen LogP contribution < -0.4 is 10.6 Å². The molecule has 0 aliphatic carbocycles. The molecule has 1 aromatic rings. The van der Waals surface area contributed by atoms with Crippen molar-refractivity contribution in [1.29, 1.82) is 0 Å². The van der Waals surface area contributed by atoms with Gasteiger partial charge < -0.3 is 15.5 Å². The van der Waals surface area contributed by atoms with Gasteiger partial charge in [-0.05, 0) is 32.5 Å². The molecule has 0 aromatic carbocycles. The third-order valence-corrected chi connectivity index (χ3v) is 5.57. The Kier molecular flexibility index (Phi) is 8.02.